The number of aromatic nitrogens is 5. The number of benzene rings is 1. The monoisotopic (exact) mass is 413 g/mol. The van der Waals surface area contributed by atoms with Crippen LogP contribution in [0.1, 0.15) is 21.7 Å². The van der Waals surface area contributed by atoms with Crippen molar-refractivity contribution >= 4 is 11.6 Å². The van der Waals surface area contributed by atoms with Crippen LogP contribution in [0.2, 0.25) is 0 Å². The minimum absolute atomic E-state index is 0.188. The highest BCUT2D eigenvalue weighted by Gasteiger charge is 2.12. The zero-order valence-corrected chi connectivity index (χ0v) is 16.7. The van der Waals surface area contributed by atoms with Crippen LogP contribution in [0.3, 0.4) is 0 Å². The van der Waals surface area contributed by atoms with Crippen LogP contribution in [0.25, 0.3) is 11.3 Å². The highest BCUT2D eigenvalue weighted by molar-refractivity contribution is 6.02. The standard InChI is InChI=1S/C22H19N7O2/c1-14-4-5-16(28-21(30)19-13-26-17(10-23)12-27-19)9-20(14)31-22-25-8-6-18(29-22)15-3-2-7-24-11-15/h2-9,11-13H,10,23H2,1H3,(H,28,30). The van der Waals surface area contributed by atoms with E-state index in [9.17, 15) is 4.79 Å². The molecule has 4 aromatic rings. The first kappa shape index (κ1) is 20.0. The van der Waals surface area contributed by atoms with Gasteiger partial charge in [0.2, 0.25) is 0 Å². The van der Waals surface area contributed by atoms with Crippen LogP contribution in [0.5, 0.6) is 11.8 Å². The lowest BCUT2D eigenvalue weighted by molar-refractivity contribution is 0.102. The molecular formula is C22H19N7O2. The van der Waals surface area contributed by atoms with E-state index in [0.29, 0.717) is 22.8 Å². The Balaban J connectivity index is 1.52. The van der Waals surface area contributed by atoms with Gasteiger partial charge in [0.15, 0.2) is 0 Å². The minimum atomic E-state index is -0.388. The molecule has 0 spiro atoms. The van der Waals surface area contributed by atoms with Gasteiger partial charge in [-0.1, -0.05) is 6.07 Å². The van der Waals surface area contributed by atoms with Gasteiger partial charge in [-0.05, 0) is 36.8 Å². The molecule has 3 N–H and O–H groups in total. The maximum atomic E-state index is 12.5. The average Bonchev–Trinajstić information content (AvgIpc) is 2.82. The van der Waals surface area contributed by atoms with Gasteiger partial charge in [0.05, 0.1) is 23.8 Å². The van der Waals surface area contributed by atoms with E-state index >= 15 is 0 Å². The average molecular weight is 413 g/mol. The summed E-state index contributed by atoms with van der Waals surface area (Å²) in [5, 5.41) is 2.78. The Hall–Kier alpha value is -4.24. The first-order valence-corrected chi connectivity index (χ1v) is 9.46. The lowest BCUT2D eigenvalue weighted by Crippen LogP contribution is -2.15. The van der Waals surface area contributed by atoms with Gasteiger partial charge in [0.1, 0.15) is 11.4 Å². The predicted octanol–water partition coefficient (Wildman–Crippen LogP) is 3.14. The Labute approximate surface area is 178 Å². The van der Waals surface area contributed by atoms with Gasteiger partial charge in [0.25, 0.3) is 5.91 Å². The fourth-order valence-corrected chi connectivity index (χ4v) is 2.72. The summed E-state index contributed by atoms with van der Waals surface area (Å²) in [6.45, 7) is 2.15. The number of amides is 1. The Morgan fingerprint density at radius 3 is 2.71 bits per heavy atom. The molecule has 0 aliphatic carbocycles. The van der Waals surface area contributed by atoms with E-state index in [1.165, 1.54) is 12.4 Å². The van der Waals surface area contributed by atoms with Gasteiger partial charge >= 0.3 is 6.01 Å². The number of hydrogen-bond acceptors (Lipinski definition) is 8. The van der Waals surface area contributed by atoms with Gasteiger partial charge in [-0.2, -0.15) is 4.98 Å². The number of anilines is 1. The molecule has 3 aromatic heterocycles. The molecule has 0 fully saturated rings. The summed E-state index contributed by atoms with van der Waals surface area (Å²) in [6.07, 6.45) is 7.90. The normalized spacial score (nSPS) is 10.5. The summed E-state index contributed by atoms with van der Waals surface area (Å²) in [5.41, 5.74) is 9.25. The molecule has 0 bridgehead atoms. The maximum absolute atomic E-state index is 12.5. The number of rotatable bonds is 6. The minimum Gasteiger partial charge on any atom is -0.424 e. The quantitative estimate of drug-likeness (QED) is 0.493. The van der Waals surface area contributed by atoms with E-state index in [1.807, 2.05) is 25.1 Å². The number of nitrogens with one attached hydrogen (secondary N) is 1. The van der Waals surface area contributed by atoms with E-state index in [4.69, 9.17) is 10.5 Å². The second-order valence-corrected chi connectivity index (χ2v) is 6.60. The third-order valence-electron chi connectivity index (χ3n) is 4.39. The van der Waals surface area contributed by atoms with Crippen LogP contribution >= 0.6 is 0 Å². The molecule has 31 heavy (non-hydrogen) atoms. The highest BCUT2D eigenvalue weighted by atomic mass is 16.5. The zero-order valence-electron chi connectivity index (χ0n) is 16.7. The van der Waals surface area contributed by atoms with Gasteiger partial charge < -0.3 is 15.8 Å². The summed E-state index contributed by atoms with van der Waals surface area (Å²) >= 11 is 0. The largest absolute Gasteiger partial charge is 0.424 e. The van der Waals surface area contributed by atoms with Crippen LogP contribution in [0.4, 0.5) is 5.69 Å². The molecule has 0 aliphatic heterocycles. The molecule has 4 rings (SSSR count). The molecule has 0 atom stereocenters. The fourth-order valence-electron chi connectivity index (χ4n) is 2.72. The van der Waals surface area contributed by atoms with Gasteiger partial charge in [0, 0.05) is 42.5 Å². The van der Waals surface area contributed by atoms with Crippen molar-refractivity contribution in [1.82, 2.24) is 24.9 Å². The van der Waals surface area contributed by atoms with Crippen LogP contribution in [0, 0.1) is 6.92 Å². The SMILES string of the molecule is Cc1ccc(NC(=O)c2cnc(CN)cn2)cc1Oc1nccc(-c2cccnc2)n1. The van der Waals surface area contributed by atoms with Crippen LogP contribution in [0.15, 0.2) is 67.4 Å². The molecule has 0 radical (unpaired) electrons. The first-order chi connectivity index (χ1) is 15.1. The molecule has 1 aromatic carbocycles. The molecule has 0 saturated carbocycles. The third-order valence-corrected chi connectivity index (χ3v) is 4.39. The second kappa shape index (κ2) is 9.06. The van der Waals surface area contributed by atoms with Crippen molar-refractivity contribution in [2.75, 3.05) is 5.32 Å². The van der Waals surface area contributed by atoms with Crippen LogP contribution in [-0.4, -0.2) is 30.8 Å². The fraction of sp³-hybridized carbons (Fsp3) is 0.0909. The third kappa shape index (κ3) is 4.85. The number of aryl methyl sites for hydroxylation is 1. The molecule has 0 unspecified atom stereocenters. The van der Waals surface area contributed by atoms with Gasteiger partial charge in [-0.3, -0.25) is 14.8 Å². The number of ether oxygens (including phenoxy) is 1. The summed E-state index contributed by atoms with van der Waals surface area (Å²) in [7, 11) is 0. The van der Waals surface area contributed by atoms with Crippen molar-refractivity contribution in [1.29, 1.82) is 0 Å². The number of nitrogens with zero attached hydrogens (tertiary/aromatic N) is 5. The lowest BCUT2D eigenvalue weighted by atomic mass is 10.2. The maximum Gasteiger partial charge on any atom is 0.322 e. The molecule has 9 heteroatoms. The number of pyridine rings is 1. The number of hydrogen-bond donors (Lipinski definition) is 2. The Morgan fingerprint density at radius 1 is 1.06 bits per heavy atom. The van der Waals surface area contributed by atoms with Crippen molar-refractivity contribution in [3.63, 3.8) is 0 Å². The first-order valence-electron chi connectivity index (χ1n) is 9.46. The molecule has 0 aliphatic rings. The number of nitrogens with two attached hydrogens (primary N) is 1. The zero-order chi connectivity index (χ0) is 21.6. The van der Waals surface area contributed by atoms with Gasteiger partial charge in [-0.25, -0.2) is 9.97 Å². The molecule has 1 amide bonds. The van der Waals surface area contributed by atoms with Crippen molar-refractivity contribution in [3.8, 4) is 23.0 Å². The van der Waals surface area contributed by atoms with Crippen LogP contribution < -0.4 is 15.8 Å². The summed E-state index contributed by atoms with van der Waals surface area (Å²) in [4.78, 5) is 33.4. The van der Waals surface area contributed by atoms with Gasteiger partial charge in [-0.15, -0.1) is 0 Å². The summed E-state index contributed by atoms with van der Waals surface area (Å²) in [6, 6.07) is 11.0. The van der Waals surface area contributed by atoms with Crippen molar-refractivity contribution < 1.29 is 9.53 Å². The lowest BCUT2D eigenvalue weighted by Gasteiger charge is -2.11. The molecule has 3 heterocycles. The molecular weight excluding hydrogens is 394 g/mol. The Morgan fingerprint density at radius 2 is 1.97 bits per heavy atom. The van der Waals surface area contributed by atoms with E-state index in [-0.39, 0.29) is 24.2 Å². The Kier molecular flexibility index (Phi) is 5.86. The van der Waals surface area contributed by atoms with Crippen molar-refractivity contribution in [3.05, 3.63) is 84.3 Å². The number of carbonyl (C=O) groups is 1. The Bertz CT molecular complexity index is 1200. The topological polar surface area (TPSA) is 129 Å². The highest BCUT2D eigenvalue weighted by Crippen LogP contribution is 2.27. The van der Waals surface area contributed by atoms with E-state index in [2.05, 4.69) is 30.2 Å². The summed E-state index contributed by atoms with van der Waals surface area (Å²) < 4.78 is 5.89. The molecule has 9 nitrogen and oxygen atoms in total. The smallest absolute Gasteiger partial charge is 0.322 e. The number of carbonyl (C=O) groups excluding carboxylic acids is 1. The predicted molar refractivity (Wildman–Crippen MR) is 114 cm³/mol. The van der Waals surface area contributed by atoms with Crippen LogP contribution in [-0.2, 0) is 6.54 Å². The van der Waals surface area contributed by atoms with Crippen molar-refractivity contribution in [2.24, 2.45) is 5.73 Å². The van der Waals surface area contributed by atoms with E-state index in [0.717, 1.165) is 11.1 Å². The van der Waals surface area contributed by atoms with Crippen molar-refractivity contribution in [2.45, 2.75) is 13.5 Å². The summed E-state index contributed by atoms with van der Waals surface area (Å²) in [5.74, 6) is 0.131. The second-order valence-electron chi connectivity index (χ2n) is 6.60. The van der Waals surface area contributed by atoms with E-state index in [1.54, 1.807) is 36.8 Å². The molecule has 0 saturated heterocycles. The molecule has 154 valence electrons. The van der Waals surface area contributed by atoms with E-state index < -0.39 is 0 Å².